The van der Waals surface area contributed by atoms with Gasteiger partial charge in [-0.15, -0.1) is 0 Å². The molecule has 7 nitrogen and oxygen atoms in total. The van der Waals surface area contributed by atoms with Crippen molar-refractivity contribution in [2.24, 2.45) is 0 Å². The molecule has 14 heavy (non-hydrogen) atoms. The van der Waals surface area contributed by atoms with E-state index in [1.807, 2.05) is 0 Å². The number of aliphatic hydroxyl groups is 1. The molecule has 1 N–H and O–H groups in total. The van der Waals surface area contributed by atoms with Crippen LogP contribution in [0.15, 0.2) is 24.0 Å². The van der Waals surface area contributed by atoms with Crippen LogP contribution in [0, 0.1) is 20.2 Å². The minimum absolute atomic E-state index is 0.497. The molecule has 1 unspecified atom stereocenters. The maximum atomic E-state index is 13.1. The maximum absolute atomic E-state index is 13.1. The minimum atomic E-state index is -3.11. The summed E-state index contributed by atoms with van der Waals surface area (Å²) in [4.78, 5) is 18.1. The van der Waals surface area contributed by atoms with E-state index in [-0.39, 0.29) is 0 Å². The highest BCUT2D eigenvalue weighted by Gasteiger charge is 2.64. The van der Waals surface area contributed by atoms with E-state index in [9.17, 15) is 24.6 Å². The lowest BCUT2D eigenvalue weighted by molar-refractivity contribution is -0.787. The molecule has 0 radical (unpaired) electrons. The Morgan fingerprint density at radius 1 is 1.43 bits per heavy atom. The SMILES string of the molecule is O=[N+]([O-])C1([N+](=O)[O-])C=CC=C(O)C1F. The average Bonchev–Trinajstić information content (AvgIpc) is 2.08. The summed E-state index contributed by atoms with van der Waals surface area (Å²) < 4.78 is 13.1. The molecule has 1 aliphatic carbocycles. The fourth-order valence-corrected chi connectivity index (χ4v) is 1.05. The minimum Gasteiger partial charge on any atom is -0.509 e. The molecule has 76 valence electrons. The van der Waals surface area contributed by atoms with Crippen LogP contribution in [0.3, 0.4) is 0 Å². The van der Waals surface area contributed by atoms with Gasteiger partial charge in [-0.05, 0) is 12.2 Å². The molecule has 0 saturated heterocycles. The Balaban J connectivity index is 3.26. The second kappa shape index (κ2) is 3.05. The van der Waals surface area contributed by atoms with Gasteiger partial charge in [0, 0.05) is 0 Å². The van der Waals surface area contributed by atoms with Crippen molar-refractivity contribution < 1.29 is 19.3 Å². The van der Waals surface area contributed by atoms with E-state index in [2.05, 4.69) is 0 Å². The monoisotopic (exact) mass is 204 g/mol. The summed E-state index contributed by atoms with van der Waals surface area (Å²) in [5.41, 5.74) is -3.11. The quantitative estimate of drug-likeness (QED) is 0.402. The first-order valence-electron chi connectivity index (χ1n) is 3.44. The van der Waals surface area contributed by atoms with Crippen molar-refractivity contribution in [3.63, 3.8) is 0 Å². The average molecular weight is 204 g/mol. The van der Waals surface area contributed by atoms with Gasteiger partial charge in [0.2, 0.25) is 0 Å². The zero-order valence-corrected chi connectivity index (χ0v) is 6.66. The lowest BCUT2D eigenvalue weighted by atomic mass is 9.99. The Kier molecular flexibility index (Phi) is 2.20. The standard InChI is InChI=1S/C6H5FN2O5/c7-5-4(10)2-1-3-6(5,8(11)12)9(13)14/h1-3,5,10H. The van der Waals surface area contributed by atoms with Crippen molar-refractivity contribution in [3.05, 3.63) is 44.2 Å². The van der Waals surface area contributed by atoms with Crippen molar-refractivity contribution in [3.8, 4) is 0 Å². The normalized spacial score (nSPS) is 24.1. The van der Waals surface area contributed by atoms with Gasteiger partial charge in [-0.2, -0.15) is 0 Å². The molecule has 0 aromatic rings. The number of hydrogen-bond acceptors (Lipinski definition) is 5. The van der Waals surface area contributed by atoms with Gasteiger partial charge >= 0.3 is 11.8 Å². The summed E-state index contributed by atoms with van der Waals surface area (Å²) in [5.74, 6) is -1.03. The number of nitro groups is 2. The third-order valence-corrected chi connectivity index (χ3v) is 1.83. The Hall–Kier alpha value is -1.99. The van der Waals surface area contributed by atoms with Gasteiger partial charge in [0.05, 0.1) is 6.08 Å². The largest absolute Gasteiger partial charge is 0.515 e. The lowest BCUT2D eigenvalue weighted by Crippen LogP contribution is -2.54. The first kappa shape index (κ1) is 10.1. The van der Waals surface area contributed by atoms with E-state index in [4.69, 9.17) is 5.11 Å². The Morgan fingerprint density at radius 2 is 1.93 bits per heavy atom. The first-order chi connectivity index (χ1) is 6.43. The van der Waals surface area contributed by atoms with Crippen molar-refractivity contribution in [2.45, 2.75) is 11.8 Å². The van der Waals surface area contributed by atoms with Crippen LogP contribution in [0.5, 0.6) is 0 Å². The highest BCUT2D eigenvalue weighted by Crippen LogP contribution is 2.28. The van der Waals surface area contributed by atoms with Gasteiger partial charge in [0.25, 0.3) is 0 Å². The van der Waals surface area contributed by atoms with Crippen LogP contribution in [-0.4, -0.2) is 26.8 Å². The Morgan fingerprint density at radius 3 is 2.29 bits per heavy atom. The number of rotatable bonds is 2. The summed E-state index contributed by atoms with van der Waals surface area (Å²) in [6.07, 6.45) is -0.470. The summed E-state index contributed by atoms with van der Waals surface area (Å²) in [5, 5.41) is 29.7. The smallest absolute Gasteiger partial charge is 0.509 e. The maximum Gasteiger partial charge on any atom is 0.515 e. The van der Waals surface area contributed by atoms with Crippen molar-refractivity contribution in [2.75, 3.05) is 0 Å². The molecule has 1 atom stereocenters. The topological polar surface area (TPSA) is 107 Å². The van der Waals surface area contributed by atoms with Gasteiger partial charge in [-0.1, -0.05) is 0 Å². The molecule has 0 heterocycles. The van der Waals surface area contributed by atoms with Crippen LogP contribution in [0.4, 0.5) is 4.39 Å². The van der Waals surface area contributed by atoms with E-state index >= 15 is 0 Å². The zero-order valence-electron chi connectivity index (χ0n) is 6.66. The second-order valence-corrected chi connectivity index (χ2v) is 2.61. The molecule has 1 rings (SSSR count). The molecule has 0 aromatic carbocycles. The molecule has 1 aliphatic rings. The third kappa shape index (κ3) is 1.11. The second-order valence-electron chi connectivity index (χ2n) is 2.61. The molecule has 0 aliphatic heterocycles. The summed E-state index contributed by atoms with van der Waals surface area (Å²) in [7, 11) is 0. The summed E-state index contributed by atoms with van der Waals surface area (Å²) >= 11 is 0. The number of hydrogen-bond donors (Lipinski definition) is 1. The van der Waals surface area contributed by atoms with Gasteiger partial charge in [0.1, 0.15) is 15.6 Å². The lowest BCUT2D eigenvalue weighted by Gasteiger charge is -2.18. The van der Waals surface area contributed by atoms with E-state index in [0.29, 0.717) is 6.08 Å². The van der Waals surface area contributed by atoms with Crippen LogP contribution in [0.1, 0.15) is 0 Å². The van der Waals surface area contributed by atoms with Crippen molar-refractivity contribution in [1.29, 1.82) is 0 Å². The molecule has 0 fully saturated rings. The van der Waals surface area contributed by atoms with E-state index in [1.54, 1.807) is 0 Å². The predicted octanol–water partition coefficient (Wildman–Crippen LogP) is 0.586. The van der Waals surface area contributed by atoms with Gasteiger partial charge in [-0.3, -0.25) is 20.2 Å². The molecular weight excluding hydrogens is 199 g/mol. The van der Waals surface area contributed by atoms with Crippen LogP contribution in [0.25, 0.3) is 0 Å². The molecule has 0 amide bonds. The van der Waals surface area contributed by atoms with Crippen LogP contribution < -0.4 is 0 Å². The molecular formula is C6H5FN2O5. The van der Waals surface area contributed by atoms with Crippen molar-refractivity contribution >= 4 is 0 Å². The fourth-order valence-electron chi connectivity index (χ4n) is 1.05. The highest BCUT2D eigenvalue weighted by molar-refractivity contribution is 5.23. The van der Waals surface area contributed by atoms with Gasteiger partial charge in [-0.25, -0.2) is 4.39 Å². The molecule has 0 spiro atoms. The number of aliphatic hydroxyl groups excluding tert-OH is 1. The number of alkyl halides is 1. The number of nitrogens with zero attached hydrogens (tertiary/aromatic N) is 2. The highest BCUT2D eigenvalue weighted by atomic mass is 19.1. The van der Waals surface area contributed by atoms with Crippen LogP contribution in [0.2, 0.25) is 0 Å². The number of allylic oxidation sites excluding steroid dienone is 2. The molecule has 0 saturated carbocycles. The van der Waals surface area contributed by atoms with E-state index in [0.717, 1.165) is 12.2 Å². The fraction of sp³-hybridized carbons (Fsp3) is 0.333. The van der Waals surface area contributed by atoms with E-state index < -0.39 is 27.4 Å². The number of halogens is 1. The third-order valence-electron chi connectivity index (χ3n) is 1.83. The zero-order chi connectivity index (χ0) is 10.9. The summed E-state index contributed by atoms with van der Waals surface area (Å²) in [6, 6.07) is 0. The van der Waals surface area contributed by atoms with Crippen molar-refractivity contribution in [1.82, 2.24) is 0 Å². The molecule has 0 aromatic heterocycles. The van der Waals surface area contributed by atoms with Crippen LogP contribution >= 0.6 is 0 Å². The Labute approximate surface area is 76.4 Å². The molecule has 8 heteroatoms. The van der Waals surface area contributed by atoms with Crippen LogP contribution in [-0.2, 0) is 0 Å². The summed E-state index contributed by atoms with van der Waals surface area (Å²) in [6.45, 7) is 0. The Bertz CT molecular complexity index is 336. The predicted molar refractivity (Wildman–Crippen MR) is 41.5 cm³/mol. The van der Waals surface area contributed by atoms with E-state index in [1.165, 1.54) is 0 Å². The van der Waals surface area contributed by atoms with Gasteiger partial charge in [0.15, 0.2) is 0 Å². The van der Waals surface area contributed by atoms with Gasteiger partial charge < -0.3 is 5.11 Å². The molecule has 0 bridgehead atoms. The first-order valence-corrected chi connectivity index (χ1v) is 3.44.